The molecule has 7 nitrogen and oxygen atoms in total. The molecule has 1 saturated carbocycles. The molecule has 0 bridgehead atoms. The van der Waals surface area contributed by atoms with Crippen LogP contribution in [0, 0.1) is 0 Å². The van der Waals surface area contributed by atoms with Gasteiger partial charge in [-0.1, -0.05) is 18.2 Å². The highest BCUT2D eigenvalue weighted by atomic mass is 32.2. The Morgan fingerprint density at radius 2 is 1.89 bits per heavy atom. The van der Waals surface area contributed by atoms with Gasteiger partial charge in [0, 0.05) is 22.8 Å². The van der Waals surface area contributed by atoms with Gasteiger partial charge in [0.15, 0.2) is 5.13 Å². The summed E-state index contributed by atoms with van der Waals surface area (Å²) in [7, 11) is -3.27. The van der Waals surface area contributed by atoms with Crippen molar-refractivity contribution in [3.8, 4) is 11.3 Å². The van der Waals surface area contributed by atoms with Crippen LogP contribution in [-0.2, 0) is 10.0 Å². The van der Waals surface area contributed by atoms with Gasteiger partial charge >= 0.3 is 0 Å². The zero-order chi connectivity index (χ0) is 18.9. The first-order valence-corrected chi connectivity index (χ1v) is 10.7. The van der Waals surface area contributed by atoms with Gasteiger partial charge in [0.2, 0.25) is 10.0 Å². The topological polar surface area (TPSA) is 101 Å². The average molecular weight is 400 g/mol. The number of carbonyl (C=O) groups is 1. The maximum absolute atomic E-state index is 12.1. The van der Waals surface area contributed by atoms with E-state index in [1.54, 1.807) is 48.7 Å². The van der Waals surface area contributed by atoms with Crippen LogP contribution in [0.1, 0.15) is 23.3 Å². The van der Waals surface area contributed by atoms with E-state index in [9.17, 15) is 13.2 Å². The van der Waals surface area contributed by atoms with Gasteiger partial charge in [-0.15, -0.1) is 11.3 Å². The third kappa shape index (κ3) is 4.15. The molecule has 138 valence electrons. The van der Waals surface area contributed by atoms with Gasteiger partial charge < -0.3 is 0 Å². The number of hydrogen-bond acceptors (Lipinski definition) is 6. The summed E-state index contributed by atoms with van der Waals surface area (Å²) < 4.78 is 26.5. The molecule has 9 heteroatoms. The zero-order valence-electron chi connectivity index (χ0n) is 14.1. The summed E-state index contributed by atoms with van der Waals surface area (Å²) in [6.45, 7) is 0. The van der Waals surface area contributed by atoms with Crippen molar-refractivity contribution in [3.63, 3.8) is 0 Å². The fraction of sp³-hybridized carbons (Fsp3) is 0.167. The lowest BCUT2D eigenvalue weighted by Gasteiger charge is -2.07. The third-order valence-electron chi connectivity index (χ3n) is 4.03. The zero-order valence-corrected chi connectivity index (χ0v) is 15.8. The Kier molecular flexibility index (Phi) is 4.63. The smallest absolute Gasteiger partial charge is 0.276 e. The van der Waals surface area contributed by atoms with Crippen molar-refractivity contribution in [2.24, 2.45) is 0 Å². The van der Waals surface area contributed by atoms with E-state index in [-0.39, 0.29) is 11.2 Å². The number of aromatic nitrogens is 2. The molecular weight excluding hydrogens is 384 g/mol. The molecule has 4 rings (SSSR count). The summed E-state index contributed by atoms with van der Waals surface area (Å²) in [5, 5.41) is 4.76. The molecule has 0 spiro atoms. The number of pyridine rings is 1. The number of amides is 1. The number of nitrogens with zero attached hydrogens (tertiary/aromatic N) is 2. The summed E-state index contributed by atoms with van der Waals surface area (Å²) in [4.78, 5) is 20.5. The highest BCUT2D eigenvalue weighted by Crippen LogP contribution is 2.31. The minimum Gasteiger partial charge on any atom is -0.296 e. The van der Waals surface area contributed by atoms with Crippen LogP contribution in [0.4, 0.5) is 10.8 Å². The molecule has 1 aliphatic rings. The first-order chi connectivity index (χ1) is 13.0. The van der Waals surface area contributed by atoms with Gasteiger partial charge in [-0.3, -0.25) is 19.8 Å². The molecule has 0 radical (unpaired) electrons. The van der Waals surface area contributed by atoms with Crippen LogP contribution in [0.3, 0.4) is 0 Å². The highest BCUT2D eigenvalue weighted by Gasteiger charge is 2.35. The monoisotopic (exact) mass is 400 g/mol. The van der Waals surface area contributed by atoms with Gasteiger partial charge in [0.1, 0.15) is 5.69 Å². The number of nitrogens with one attached hydrogen (secondary N) is 2. The van der Waals surface area contributed by atoms with E-state index in [1.165, 1.54) is 11.3 Å². The van der Waals surface area contributed by atoms with Crippen molar-refractivity contribution in [1.29, 1.82) is 0 Å². The van der Waals surface area contributed by atoms with Gasteiger partial charge in [-0.05, 0) is 37.1 Å². The molecule has 3 aromatic rings. The van der Waals surface area contributed by atoms with Gasteiger partial charge in [0.05, 0.1) is 10.9 Å². The number of sulfonamides is 1. The van der Waals surface area contributed by atoms with Crippen molar-refractivity contribution in [2.75, 3.05) is 10.0 Å². The van der Waals surface area contributed by atoms with Crippen molar-refractivity contribution in [1.82, 2.24) is 9.97 Å². The molecule has 2 heterocycles. The molecule has 0 atom stereocenters. The summed E-state index contributed by atoms with van der Waals surface area (Å²) in [5.74, 6) is -0.318. The van der Waals surface area contributed by atoms with E-state index in [1.807, 2.05) is 5.38 Å². The maximum atomic E-state index is 12.1. The Morgan fingerprint density at radius 1 is 1.11 bits per heavy atom. The maximum Gasteiger partial charge on any atom is 0.276 e. The van der Waals surface area contributed by atoms with Crippen LogP contribution in [0.2, 0.25) is 0 Å². The normalized spacial score (nSPS) is 13.9. The van der Waals surface area contributed by atoms with Crippen LogP contribution < -0.4 is 10.0 Å². The molecule has 1 amide bonds. The van der Waals surface area contributed by atoms with Crippen molar-refractivity contribution < 1.29 is 13.2 Å². The number of rotatable bonds is 6. The number of hydrogen-bond donors (Lipinski definition) is 2. The van der Waals surface area contributed by atoms with Gasteiger partial charge in [-0.2, -0.15) is 0 Å². The Morgan fingerprint density at radius 3 is 2.56 bits per heavy atom. The Hall–Kier alpha value is -2.78. The summed E-state index contributed by atoms with van der Waals surface area (Å²) >= 11 is 1.31. The Balaban J connectivity index is 1.44. The number of thiazole rings is 1. The SMILES string of the molecule is O=C(Nc1nc(-c2ccc(NS(=O)(=O)C3CC3)cc2)cs1)c1ccccn1. The second-order valence-corrected chi connectivity index (χ2v) is 8.95. The molecule has 1 aromatic carbocycles. The van der Waals surface area contributed by atoms with Crippen molar-refractivity contribution in [3.05, 3.63) is 59.7 Å². The Bertz CT molecular complexity index is 1060. The minimum absolute atomic E-state index is 0.263. The van der Waals surface area contributed by atoms with Crippen LogP contribution in [-0.4, -0.2) is 29.5 Å². The largest absolute Gasteiger partial charge is 0.296 e. The summed E-state index contributed by atoms with van der Waals surface area (Å²) in [5.41, 5.74) is 2.39. The first-order valence-electron chi connectivity index (χ1n) is 8.31. The van der Waals surface area contributed by atoms with E-state index in [0.29, 0.717) is 22.2 Å². The summed E-state index contributed by atoms with van der Waals surface area (Å²) in [6, 6.07) is 12.1. The lowest BCUT2D eigenvalue weighted by Crippen LogP contribution is -2.17. The van der Waals surface area contributed by atoms with E-state index < -0.39 is 10.0 Å². The van der Waals surface area contributed by atoms with E-state index in [2.05, 4.69) is 20.0 Å². The Labute approximate surface area is 160 Å². The number of anilines is 2. The van der Waals surface area contributed by atoms with E-state index in [0.717, 1.165) is 18.4 Å². The van der Waals surface area contributed by atoms with Crippen LogP contribution >= 0.6 is 11.3 Å². The van der Waals surface area contributed by atoms with Crippen molar-refractivity contribution in [2.45, 2.75) is 18.1 Å². The minimum atomic E-state index is -3.27. The van der Waals surface area contributed by atoms with Gasteiger partial charge in [0.25, 0.3) is 5.91 Å². The van der Waals surface area contributed by atoms with Gasteiger partial charge in [-0.25, -0.2) is 13.4 Å². The number of benzene rings is 1. The lowest BCUT2D eigenvalue weighted by molar-refractivity contribution is 0.102. The predicted octanol–water partition coefficient (Wildman–Crippen LogP) is 3.36. The second kappa shape index (κ2) is 7.09. The van der Waals surface area contributed by atoms with Crippen LogP contribution in [0.5, 0.6) is 0 Å². The molecule has 2 aromatic heterocycles. The first kappa shape index (κ1) is 17.6. The average Bonchev–Trinajstić information content (AvgIpc) is 3.44. The standard InChI is InChI=1S/C18H16N4O3S2/c23-17(15-3-1-2-10-19-15)21-18-20-16(11-26-18)12-4-6-13(7-5-12)22-27(24,25)14-8-9-14/h1-7,10-11,14,22H,8-9H2,(H,20,21,23). The molecule has 2 N–H and O–H groups in total. The lowest BCUT2D eigenvalue weighted by atomic mass is 10.1. The molecule has 0 aliphatic heterocycles. The third-order valence-corrected chi connectivity index (χ3v) is 6.65. The molecule has 1 fully saturated rings. The number of carbonyl (C=O) groups excluding carboxylic acids is 1. The molecular formula is C18H16N4O3S2. The predicted molar refractivity (Wildman–Crippen MR) is 105 cm³/mol. The quantitative estimate of drug-likeness (QED) is 0.661. The molecule has 0 unspecified atom stereocenters. The fourth-order valence-corrected chi connectivity index (χ4v) is 4.56. The molecule has 27 heavy (non-hydrogen) atoms. The second-order valence-electron chi connectivity index (χ2n) is 6.13. The van der Waals surface area contributed by atoms with E-state index >= 15 is 0 Å². The van der Waals surface area contributed by atoms with Crippen LogP contribution in [0.15, 0.2) is 54.0 Å². The van der Waals surface area contributed by atoms with Crippen molar-refractivity contribution >= 4 is 38.1 Å². The molecule has 0 saturated heterocycles. The summed E-state index contributed by atoms with van der Waals surface area (Å²) in [6.07, 6.45) is 3.00. The van der Waals surface area contributed by atoms with E-state index in [4.69, 9.17) is 0 Å². The fourth-order valence-electron chi connectivity index (χ4n) is 2.46. The molecule has 1 aliphatic carbocycles. The highest BCUT2D eigenvalue weighted by molar-refractivity contribution is 7.93. The van der Waals surface area contributed by atoms with Crippen LogP contribution in [0.25, 0.3) is 11.3 Å².